The summed E-state index contributed by atoms with van der Waals surface area (Å²) in [6.45, 7) is 0. The van der Waals surface area contributed by atoms with Crippen LogP contribution in [0, 0.1) is 0 Å². The molecule has 0 spiro atoms. The Hall–Kier alpha value is -6.74. The lowest BCUT2D eigenvalue weighted by Gasteiger charge is -2.53. The van der Waals surface area contributed by atoms with Crippen molar-refractivity contribution in [1.82, 2.24) is 0 Å². The van der Waals surface area contributed by atoms with Crippen LogP contribution in [0.25, 0.3) is 0 Å². The van der Waals surface area contributed by atoms with Crippen LogP contribution in [0.3, 0.4) is 0 Å². The molecule has 0 aliphatic carbocycles. The first-order valence-corrected chi connectivity index (χ1v) is 24.6. The Kier molecular flexibility index (Phi) is 13.9. The summed E-state index contributed by atoms with van der Waals surface area (Å²) >= 11 is 3.88. The van der Waals surface area contributed by atoms with E-state index in [0.717, 1.165) is 50.1 Å². The lowest BCUT2D eigenvalue weighted by molar-refractivity contribution is -0.332. The van der Waals surface area contributed by atoms with Crippen molar-refractivity contribution in [3.05, 3.63) is 323 Å². The summed E-state index contributed by atoms with van der Waals surface area (Å²) in [4.78, 5) is 0. The Bertz CT molecular complexity index is 2660. The third kappa shape index (κ3) is 8.81. The molecule has 0 radical (unpaired) electrons. The molecule has 5 nitrogen and oxygen atoms in total. The number of alkyl halides is 1. The van der Waals surface area contributed by atoms with Crippen molar-refractivity contribution in [3.63, 3.8) is 0 Å². The molecule has 1 aliphatic heterocycles. The highest BCUT2D eigenvalue weighted by atomic mass is 79.9. The molecule has 9 aromatic carbocycles. The van der Waals surface area contributed by atoms with Gasteiger partial charge in [0.2, 0.25) is 0 Å². The SMILES string of the molecule is OC1OC(CBr)C(OC(c2ccccc2)(c2ccccc2)c2ccccc2)C(OC(c2ccccc2)(c2ccccc2)c2ccccc2)C1OC(c1ccccc1)(c1ccccc1)c1ccccc1. The third-order valence-corrected chi connectivity index (χ3v) is 14.0. The maximum absolute atomic E-state index is 13.0. The van der Waals surface area contributed by atoms with Gasteiger partial charge >= 0.3 is 0 Å². The van der Waals surface area contributed by atoms with Crippen LogP contribution in [-0.2, 0) is 35.8 Å². The molecule has 6 heteroatoms. The van der Waals surface area contributed by atoms with Crippen molar-refractivity contribution in [3.8, 4) is 0 Å². The molecule has 0 bridgehead atoms. The van der Waals surface area contributed by atoms with E-state index in [-0.39, 0.29) is 0 Å². The molecule has 342 valence electrons. The minimum Gasteiger partial charge on any atom is -0.366 e. The van der Waals surface area contributed by atoms with E-state index >= 15 is 0 Å². The van der Waals surface area contributed by atoms with Crippen LogP contribution in [0.4, 0.5) is 0 Å². The zero-order chi connectivity index (χ0) is 46.9. The molecule has 5 unspecified atom stereocenters. The first-order valence-electron chi connectivity index (χ1n) is 23.5. The highest BCUT2D eigenvalue weighted by Gasteiger charge is 2.57. The van der Waals surface area contributed by atoms with Crippen LogP contribution in [-0.4, -0.2) is 41.1 Å². The molecule has 0 amide bonds. The van der Waals surface area contributed by atoms with Gasteiger partial charge in [0.05, 0.1) is 6.10 Å². The van der Waals surface area contributed by atoms with Crippen molar-refractivity contribution in [2.45, 2.75) is 47.5 Å². The predicted molar refractivity (Wildman–Crippen MR) is 277 cm³/mol. The first kappa shape index (κ1) is 46.0. The smallest absolute Gasteiger partial charge is 0.184 e. The summed E-state index contributed by atoms with van der Waals surface area (Å²) < 4.78 is 31.3. The number of rotatable bonds is 16. The van der Waals surface area contributed by atoms with Crippen LogP contribution >= 0.6 is 15.9 Å². The lowest BCUT2D eigenvalue weighted by atomic mass is 9.78. The maximum atomic E-state index is 13.0. The fraction of sp³-hybridized carbons (Fsp3) is 0.143. The highest BCUT2D eigenvalue weighted by molar-refractivity contribution is 9.09. The largest absolute Gasteiger partial charge is 0.366 e. The summed E-state index contributed by atoms with van der Waals surface area (Å²) in [7, 11) is 0. The number of halogens is 1. The van der Waals surface area contributed by atoms with Gasteiger partial charge in [-0.25, -0.2) is 0 Å². The number of aliphatic hydroxyl groups is 1. The average molecular weight is 970 g/mol. The van der Waals surface area contributed by atoms with Gasteiger partial charge in [-0.2, -0.15) is 0 Å². The van der Waals surface area contributed by atoms with Crippen LogP contribution in [0.1, 0.15) is 50.1 Å². The summed E-state index contributed by atoms with van der Waals surface area (Å²) in [6.07, 6.45) is -5.48. The number of benzene rings is 9. The van der Waals surface area contributed by atoms with Gasteiger partial charge in [0.25, 0.3) is 0 Å². The van der Waals surface area contributed by atoms with Gasteiger partial charge in [-0.1, -0.05) is 289 Å². The molecule has 1 heterocycles. The van der Waals surface area contributed by atoms with Crippen molar-refractivity contribution in [2.75, 3.05) is 5.33 Å². The molecule has 0 saturated carbocycles. The summed E-state index contributed by atoms with van der Waals surface area (Å²) in [5, 5.41) is 13.3. The molecule has 9 aromatic rings. The van der Waals surface area contributed by atoms with Crippen molar-refractivity contribution in [2.24, 2.45) is 0 Å². The molecule has 1 N–H and O–H groups in total. The van der Waals surface area contributed by atoms with Gasteiger partial charge in [-0.05, 0) is 50.1 Å². The van der Waals surface area contributed by atoms with Gasteiger partial charge < -0.3 is 24.1 Å². The molecular formula is C63H53BrO5. The average Bonchev–Trinajstić information content (AvgIpc) is 3.44. The number of hydrogen-bond donors (Lipinski definition) is 1. The number of ether oxygens (including phenoxy) is 4. The van der Waals surface area contributed by atoms with Crippen molar-refractivity contribution >= 4 is 15.9 Å². The Morgan fingerprint density at radius 1 is 0.304 bits per heavy atom. The van der Waals surface area contributed by atoms with E-state index in [1.54, 1.807) is 0 Å². The normalized spacial score (nSPS) is 18.6. The van der Waals surface area contributed by atoms with Gasteiger partial charge in [-0.15, -0.1) is 0 Å². The quantitative estimate of drug-likeness (QED) is 0.0772. The fourth-order valence-electron chi connectivity index (χ4n) is 10.2. The molecule has 1 saturated heterocycles. The van der Waals surface area contributed by atoms with E-state index in [2.05, 4.69) is 125 Å². The van der Waals surface area contributed by atoms with E-state index in [0.29, 0.717) is 5.33 Å². The Labute approximate surface area is 413 Å². The van der Waals surface area contributed by atoms with Crippen LogP contribution in [0.5, 0.6) is 0 Å². The molecule has 1 fully saturated rings. The van der Waals surface area contributed by atoms with E-state index in [1.807, 2.05) is 164 Å². The van der Waals surface area contributed by atoms with E-state index < -0.39 is 47.5 Å². The fourth-order valence-corrected chi connectivity index (χ4v) is 10.7. The third-order valence-electron chi connectivity index (χ3n) is 13.3. The summed E-state index contributed by atoms with van der Waals surface area (Å²) in [6, 6.07) is 92.5. The minimum atomic E-state index is -1.51. The monoisotopic (exact) mass is 968 g/mol. The van der Waals surface area contributed by atoms with Crippen molar-refractivity contribution < 1.29 is 24.1 Å². The molecule has 10 rings (SSSR count). The second-order valence-electron chi connectivity index (χ2n) is 17.3. The minimum absolute atomic E-state index is 0.298. The molecular weight excluding hydrogens is 917 g/mol. The summed E-state index contributed by atoms with van der Waals surface area (Å²) in [5.41, 5.74) is 4.17. The lowest BCUT2D eigenvalue weighted by Crippen LogP contribution is -2.65. The Balaban J connectivity index is 1.29. The standard InChI is InChI=1S/C63H53BrO5/c64-46-56-57(67-61(47-28-10-1-11-29-47,48-30-12-2-13-31-48)49-32-14-3-15-33-49)58(68-62(50-34-16-4-17-35-50,51-36-18-5-19-37-51)52-38-20-6-21-39-52)59(60(65)66-56)69-63(53-40-22-7-23-41-53,54-42-24-8-25-43-54)55-44-26-9-27-45-55/h1-45,56-60,65H,46H2. The molecule has 5 atom stereocenters. The second kappa shape index (κ2) is 20.9. The van der Waals surface area contributed by atoms with Crippen LogP contribution in [0.2, 0.25) is 0 Å². The zero-order valence-corrected chi connectivity index (χ0v) is 39.6. The van der Waals surface area contributed by atoms with E-state index in [4.69, 9.17) is 18.9 Å². The van der Waals surface area contributed by atoms with Gasteiger partial charge in [-0.3, -0.25) is 0 Å². The predicted octanol–water partition coefficient (Wildman–Crippen LogP) is 13.2. The van der Waals surface area contributed by atoms with Gasteiger partial charge in [0.1, 0.15) is 35.1 Å². The number of hydrogen-bond acceptors (Lipinski definition) is 5. The molecule has 69 heavy (non-hydrogen) atoms. The van der Waals surface area contributed by atoms with E-state index in [9.17, 15) is 5.11 Å². The van der Waals surface area contributed by atoms with Gasteiger partial charge in [0.15, 0.2) is 6.29 Å². The molecule has 0 aromatic heterocycles. The van der Waals surface area contributed by atoms with Crippen LogP contribution in [0.15, 0.2) is 273 Å². The Morgan fingerprint density at radius 2 is 0.493 bits per heavy atom. The number of aliphatic hydroxyl groups excluding tert-OH is 1. The van der Waals surface area contributed by atoms with E-state index in [1.165, 1.54) is 0 Å². The summed E-state index contributed by atoms with van der Waals surface area (Å²) in [5.74, 6) is 0. The zero-order valence-electron chi connectivity index (χ0n) is 38.0. The molecule has 1 aliphatic rings. The van der Waals surface area contributed by atoms with Gasteiger partial charge in [0, 0.05) is 5.33 Å². The highest BCUT2D eigenvalue weighted by Crippen LogP contribution is 2.50. The maximum Gasteiger partial charge on any atom is 0.184 e. The first-order chi connectivity index (χ1) is 34.1. The Morgan fingerprint density at radius 3 is 0.696 bits per heavy atom. The van der Waals surface area contributed by atoms with Crippen molar-refractivity contribution in [1.29, 1.82) is 0 Å². The van der Waals surface area contributed by atoms with Crippen LogP contribution < -0.4 is 0 Å². The second-order valence-corrected chi connectivity index (χ2v) is 18.0. The topological polar surface area (TPSA) is 57.2 Å².